The van der Waals surface area contributed by atoms with Crippen LogP contribution in [0, 0.1) is 0 Å². The summed E-state index contributed by atoms with van der Waals surface area (Å²) in [5, 5.41) is 22.0. The molecule has 144 valence electrons. The van der Waals surface area contributed by atoms with E-state index >= 15 is 0 Å². The van der Waals surface area contributed by atoms with E-state index in [4.69, 9.17) is 0 Å². The lowest BCUT2D eigenvalue weighted by Gasteiger charge is -2.03. The Morgan fingerprint density at radius 3 is 1.90 bits per heavy atom. The van der Waals surface area contributed by atoms with Gasteiger partial charge < -0.3 is 9.77 Å². The summed E-state index contributed by atoms with van der Waals surface area (Å²) >= 11 is 0. The van der Waals surface area contributed by atoms with Crippen molar-refractivity contribution in [1.82, 2.24) is 14.4 Å². The lowest BCUT2D eigenvalue weighted by molar-refractivity contribution is -0.168. The Bertz CT molecular complexity index is 1360. The van der Waals surface area contributed by atoms with Gasteiger partial charge in [-0.3, -0.25) is 14.8 Å². The number of benzene rings is 2. The topological polar surface area (TPSA) is 87.7 Å². The van der Waals surface area contributed by atoms with Crippen LogP contribution in [0.3, 0.4) is 0 Å². The summed E-state index contributed by atoms with van der Waals surface area (Å²) in [5.41, 5.74) is 2.58. The molecule has 29 heavy (non-hydrogen) atoms. The molecule has 3 heterocycles. The zero-order valence-corrected chi connectivity index (χ0v) is 15.5. The van der Waals surface area contributed by atoms with Crippen molar-refractivity contribution in [2.24, 2.45) is 0 Å². The predicted molar refractivity (Wildman–Crippen MR) is 107 cm³/mol. The van der Waals surface area contributed by atoms with Gasteiger partial charge in [-0.2, -0.15) is 4.73 Å². The molecule has 7 nitrogen and oxygen atoms in total. The molecule has 1 aliphatic heterocycles. The first kappa shape index (κ1) is 17.3. The molecule has 4 aromatic rings. The average molecular weight is 387 g/mol. The highest BCUT2D eigenvalue weighted by Gasteiger charge is 2.41. The van der Waals surface area contributed by atoms with Gasteiger partial charge in [0.25, 0.3) is 11.8 Å². The van der Waals surface area contributed by atoms with Crippen molar-refractivity contribution < 1.29 is 20.0 Å². The molecule has 0 radical (unpaired) electrons. The Balaban J connectivity index is 1.89. The van der Waals surface area contributed by atoms with Crippen molar-refractivity contribution in [2.75, 3.05) is 0 Å². The van der Waals surface area contributed by atoms with Crippen LogP contribution in [-0.2, 0) is 16.1 Å². The third-order valence-corrected chi connectivity index (χ3v) is 5.42. The number of aryl methyl sites for hydroxylation is 1. The normalized spacial score (nSPS) is 14.8. The molecular weight excluding hydrogens is 370 g/mol. The van der Waals surface area contributed by atoms with E-state index in [0.717, 1.165) is 15.6 Å². The molecule has 0 saturated carbocycles. The minimum Gasteiger partial charge on any atom is -0.428 e. The molecule has 7 heteroatoms. The fourth-order valence-corrected chi connectivity index (χ4v) is 4.09. The number of amides is 2. The molecule has 0 unspecified atom stereocenters. The van der Waals surface area contributed by atoms with E-state index in [1.54, 1.807) is 24.3 Å². The number of carbonyl (C=O) groups is 2. The fourth-order valence-electron chi connectivity index (χ4n) is 4.09. The summed E-state index contributed by atoms with van der Waals surface area (Å²) < 4.78 is 2.91. The van der Waals surface area contributed by atoms with Gasteiger partial charge >= 0.3 is 0 Å². The number of hydrogen-bond donors (Lipinski definition) is 2. The van der Waals surface area contributed by atoms with E-state index in [1.807, 2.05) is 42.0 Å². The number of aromatic nitrogens is 2. The smallest absolute Gasteiger partial charge is 0.286 e. The van der Waals surface area contributed by atoms with Crippen LogP contribution >= 0.6 is 0 Å². The molecule has 5 rings (SSSR count). The number of hydroxylamine groups is 2. The van der Waals surface area contributed by atoms with Crippen molar-refractivity contribution in [3.63, 3.8) is 0 Å². The van der Waals surface area contributed by atoms with Crippen molar-refractivity contribution in [2.45, 2.75) is 13.5 Å². The molecule has 0 fully saturated rings. The second-order valence-corrected chi connectivity index (χ2v) is 6.92. The molecule has 2 amide bonds. The summed E-state index contributed by atoms with van der Waals surface area (Å²) in [4.78, 5) is 25.8. The number of fused-ring (bicyclic) bond motifs is 2. The summed E-state index contributed by atoms with van der Waals surface area (Å²) in [6.07, 6.45) is 3.21. The van der Waals surface area contributed by atoms with Crippen molar-refractivity contribution in [3.8, 4) is 0 Å². The molecular formula is C22H17N3O4. The van der Waals surface area contributed by atoms with Crippen LogP contribution in [-0.4, -0.2) is 36.6 Å². The van der Waals surface area contributed by atoms with Crippen molar-refractivity contribution >= 4 is 44.8 Å². The summed E-state index contributed by atoms with van der Waals surface area (Å²) in [5.74, 6) is -1.59. The van der Waals surface area contributed by atoms with Gasteiger partial charge in [-0.15, -0.1) is 5.06 Å². The predicted octanol–water partition coefficient (Wildman–Crippen LogP) is 3.52. The molecule has 1 aliphatic rings. The van der Waals surface area contributed by atoms with Gasteiger partial charge in [0.1, 0.15) is 0 Å². The molecule has 0 atom stereocenters. The largest absolute Gasteiger partial charge is 0.428 e. The minimum absolute atomic E-state index is 0.0699. The Kier molecular flexibility index (Phi) is 3.62. The molecule has 2 aromatic carbocycles. The number of hydrogen-bond acceptors (Lipinski definition) is 4. The van der Waals surface area contributed by atoms with Crippen LogP contribution < -0.4 is 0 Å². The molecule has 0 bridgehead atoms. The lowest BCUT2D eigenvalue weighted by atomic mass is 9.95. The average Bonchev–Trinajstić information content (AvgIpc) is 3.35. The quantitative estimate of drug-likeness (QED) is 0.320. The van der Waals surface area contributed by atoms with E-state index in [1.165, 1.54) is 6.20 Å². The maximum atomic E-state index is 12.9. The highest BCUT2D eigenvalue weighted by atomic mass is 16.5. The molecule has 2 N–H and O–H groups in total. The van der Waals surface area contributed by atoms with E-state index < -0.39 is 11.8 Å². The number of rotatable bonds is 3. The van der Waals surface area contributed by atoms with E-state index in [-0.39, 0.29) is 16.2 Å². The van der Waals surface area contributed by atoms with Gasteiger partial charge in [-0.1, -0.05) is 36.4 Å². The molecule has 0 aliphatic carbocycles. The van der Waals surface area contributed by atoms with Gasteiger partial charge in [-0.25, -0.2) is 0 Å². The Morgan fingerprint density at radius 2 is 1.28 bits per heavy atom. The molecule has 0 spiro atoms. The van der Waals surface area contributed by atoms with Gasteiger partial charge in [0, 0.05) is 40.2 Å². The summed E-state index contributed by atoms with van der Waals surface area (Å²) in [6, 6.07) is 14.6. The third kappa shape index (κ3) is 2.28. The zero-order valence-electron chi connectivity index (χ0n) is 15.5. The highest BCUT2D eigenvalue weighted by Crippen LogP contribution is 2.40. The summed E-state index contributed by atoms with van der Waals surface area (Å²) in [6.45, 7) is 2.68. The number of carbonyl (C=O) groups excluding carboxylic acids is 2. The highest BCUT2D eigenvalue weighted by molar-refractivity contribution is 6.50. The van der Waals surface area contributed by atoms with E-state index in [9.17, 15) is 20.0 Å². The van der Waals surface area contributed by atoms with Crippen LogP contribution in [0.15, 0.2) is 60.9 Å². The fraction of sp³-hybridized carbons (Fsp3) is 0.0909. The van der Waals surface area contributed by atoms with Gasteiger partial charge in [0.05, 0.1) is 22.9 Å². The van der Waals surface area contributed by atoms with Crippen LogP contribution in [0.25, 0.3) is 33.0 Å². The lowest BCUT2D eigenvalue weighted by Crippen LogP contribution is -2.27. The minimum atomic E-state index is -0.810. The van der Waals surface area contributed by atoms with E-state index in [0.29, 0.717) is 28.6 Å². The van der Waals surface area contributed by atoms with E-state index in [2.05, 4.69) is 0 Å². The van der Waals surface area contributed by atoms with Crippen molar-refractivity contribution in [3.05, 3.63) is 72.1 Å². The first-order chi connectivity index (χ1) is 14.0. The second-order valence-electron chi connectivity index (χ2n) is 6.92. The molecule has 2 aromatic heterocycles. The van der Waals surface area contributed by atoms with Crippen LogP contribution in [0.1, 0.15) is 18.1 Å². The van der Waals surface area contributed by atoms with Gasteiger partial charge in [0.15, 0.2) is 0 Å². The Morgan fingerprint density at radius 1 is 0.759 bits per heavy atom. The van der Waals surface area contributed by atoms with Gasteiger partial charge in [-0.05, 0) is 19.1 Å². The maximum Gasteiger partial charge on any atom is 0.286 e. The number of imide groups is 1. The van der Waals surface area contributed by atoms with Crippen LogP contribution in [0.4, 0.5) is 0 Å². The second kappa shape index (κ2) is 6.08. The number of para-hydroxylation sites is 2. The Labute approximate surface area is 165 Å². The molecule has 0 saturated heterocycles. The van der Waals surface area contributed by atoms with Crippen molar-refractivity contribution in [1.29, 1.82) is 0 Å². The maximum absolute atomic E-state index is 12.9. The zero-order chi connectivity index (χ0) is 20.3. The number of nitrogens with zero attached hydrogens (tertiary/aromatic N) is 3. The third-order valence-electron chi connectivity index (χ3n) is 5.42. The first-order valence-corrected chi connectivity index (χ1v) is 9.22. The van der Waals surface area contributed by atoms with Crippen LogP contribution in [0.5, 0.6) is 0 Å². The van der Waals surface area contributed by atoms with Gasteiger partial charge in [0.2, 0.25) is 0 Å². The SMILES string of the molecule is CCn1cc(C2=C(c3cn(O)c4ccccc34)C(=O)N(O)C2=O)c2ccccc21. The Hall–Kier alpha value is -3.84. The standard InChI is InChI=1S/C22H17N3O4/c1-2-23-11-15(13-7-3-5-9-17(13)23)19-20(22(27)25(29)21(19)26)16-12-24(28)18-10-6-4-8-14(16)18/h3-12,28-29H,2H2,1H3. The monoisotopic (exact) mass is 387 g/mol. The van der Waals surface area contributed by atoms with Crippen LogP contribution in [0.2, 0.25) is 0 Å². The first-order valence-electron chi connectivity index (χ1n) is 9.22. The summed E-state index contributed by atoms with van der Waals surface area (Å²) in [7, 11) is 0.